The van der Waals surface area contributed by atoms with Crippen molar-refractivity contribution in [1.82, 2.24) is 10.2 Å². The van der Waals surface area contributed by atoms with E-state index < -0.39 is 0 Å². The van der Waals surface area contributed by atoms with Crippen LogP contribution >= 0.6 is 24.0 Å². The number of guanidine groups is 1. The number of hydrogen-bond acceptors (Lipinski definition) is 3. The van der Waals surface area contributed by atoms with Crippen LogP contribution in [0.3, 0.4) is 0 Å². The first kappa shape index (κ1) is 20.3. The van der Waals surface area contributed by atoms with Crippen molar-refractivity contribution in [3.05, 3.63) is 59.9 Å². The molecule has 0 saturated carbocycles. The number of phenols is 1. The van der Waals surface area contributed by atoms with Crippen LogP contribution in [0.1, 0.15) is 5.56 Å². The van der Waals surface area contributed by atoms with Crippen molar-refractivity contribution >= 4 is 35.6 Å². The second kappa shape index (κ2) is 9.61. The molecule has 0 unspecified atom stereocenters. The Morgan fingerprint density at radius 2 is 1.85 bits per heavy atom. The van der Waals surface area contributed by atoms with Gasteiger partial charge in [-0.3, -0.25) is 4.99 Å². The van der Waals surface area contributed by atoms with Crippen molar-refractivity contribution in [1.29, 1.82) is 0 Å². The van der Waals surface area contributed by atoms with Crippen molar-refractivity contribution in [2.24, 2.45) is 4.99 Å². The highest BCUT2D eigenvalue weighted by molar-refractivity contribution is 14.0. The van der Waals surface area contributed by atoms with Crippen LogP contribution in [-0.2, 0) is 6.54 Å². The lowest BCUT2D eigenvalue weighted by Crippen LogP contribution is -2.52. The summed E-state index contributed by atoms with van der Waals surface area (Å²) >= 11 is 0. The Balaban J connectivity index is 0.00000243. The summed E-state index contributed by atoms with van der Waals surface area (Å²) in [4.78, 5) is 8.68. The normalized spacial score (nSPS) is 14.8. The molecule has 2 aromatic rings. The Hall–Kier alpha value is -2.03. The average Bonchev–Trinajstić information content (AvgIpc) is 2.63. The molecular formula is C19H24FIN4O. The summed E-state index contributed by atoms with van der Waals surface area (Å²) < 4.78 is 13.3. The second-order valence-corrected chi connectivity index (χ2v) is 5.99. The van der Waals surface area contributed by atoms with Gasteiger partial charge < -0.3 is 20.2 Å². The zero-order chi connectivity index (χ0) is 17.6. The Morgan fingerprint density at radius 1 is 1.12 bits per heavy atom. The van der Waals surface area contributed by atoms with E-state index >= 15 is 0 Å². The van der Waals surface area contributed by atoms with Crippen LogP contribution in [-0.4, -0.2) is 49.2 Å². The van der Waals surface area contributed by atoms with E-state index in [9.17, 15) is 9.50 Å². The van der Waals surface area contributed by atoms with Crippen molar-refractivity contribution in [3.8, 4) is 5.75 Å². The molecule has 0 radical (unpaired) electrons. The number of para-hydroxylation sites is 2. The van der Waals surface area contributed by atoms with Crippen LogP contribution in [0, 0.1) is 5.82 Å². The predicted octanol–water partition coefficient (Wildman–Crippen LogP) is 3.05. The lowest BCUT2D eigenvalue weighted by Gasteiger charge is -2.37. The summed E-state index contributed by atoms with van der Waals surface area (Å²) in [5.41, 5.74) is 1.75. The molecular weight excluding hydrogens is 446 g/mol. The van der Waals surface area contributed by atoms with E-state index in [2.05, 4.69) is 20.1 Å². The third kappa shape index (κ3) is 5.00. The molecule has 1 aliphatic heterocycles. The summed E-state index contributed by atoms with van der Waals surface area (Å²) in [6.45, 7) is 3.74. The third-order valence-corrected chi connectivity index (χ3v) is 4.35. The van der Waals surface area contributed by atoms with Gasteiger partial charge in [0.1, 0.15) is 11.6 Å². The quantitative estimate of drug-likeness (QED) is 0.412. The zero-order valence-electron chi connectivity index (χ0n) is 14.7. The monoisotopic (exact) mass is 470 g/mol. The van der Waals surface area contributed by atoms with Gasteiger partial charge in [0.2, 0.25) is 0 Å². The van der Waals surface area contributed by atoms with Crippen molar-refractivity contribution in [3.63, 3.8) is 0 Å². The first-order valence-electron chi connectivity index (χ1n) is 8.40. The molecule has 0 spiro atoms. The van der Waals surface area contributed by atoms with Gasteiger partial charge in [0.25, 0.3) is 0 Å². The first-order chi connectivity index (χ1) is 12.2. The van der Waals surface area contributed by atoms with Gasteiger partial charge in [0, 0.05) is 39.8 Å². The number of anilines is 1. The smallest absolute Gasteiger partial charge is 0.194 e. The molecule has 2 aromatic carbocycles. The molecule has 140 valence electrons. The number of benzene rings is 2. The number of nitrogens with one attached hydrogen (secondary N) is 1. The predicted molar refractivity (Wildman–Crippen MR) is 114 cm³/mol. The molecule has 0 atom stereocenters. The summed E-state index contributed by atoms with van der Waals surface area (Å²) in [6.07, 6.45) is 0. The standard InChI is InChI=1S/C19H23FN4O.HI/c1-21-19(22-14-15-5-4-6-16(20)13-15)24-11-9-23(10-12-24)17-7-2-3-8-18(17)25;/h2-8,13,25H,9-12,14H2,1H3,(H,21,22);1H. The second-order valence-electron chi connectivity index (χ2n) is 5.99. The number of rotatable bonds is 3. The minimum atomic E-state index is -0.231. The molecule has 1 aliphatic rings. The fraction of sp³-hybridized carbons (Fsp3) is 0.316. The maximum absolute atomic E-state index is 13.3. The van der Waals surface area contributed by atoms with E-state index in [1.807, 2.05) is 24.3 Å². The van der Waals surface area contributed by atoms with E-state index in [4.69, 9.17) is 0 Å². The number of aliphatic imine (C=N–C) groups is 1. The Kier molecular flexibility index (Phi) is 7.50. The molecule has 0 amide bonds. The fourth-order valence-corrected chi connectivity index (χ4v) is 3.05. The Labute approximate surface area is 170 Å². The average molecular weight is 470 g/mol. The lowest BCUT2D eigenvalue weighted by atomic mass is 10.2. The van der Waals surface area contributed by atoms with E-state index in [1.54, 1.807) is 19.2 Å². The summed E-state index contributed by atoms with van der Waals surface area (Å²) in [6, 6.07) is 14.0. The molecule has 0 aromatic heterocycles. The van der Waals surface area contributed by atoms with Crippen LogP contribution in [0.15, 0.2) is 53.5 Å². The number of phenolic OH excluding ortho intramolecular Hbond substituents is 1. The number of nitrogens with zero attached hydrogens (tertiary/aromatic N) is 3. The van der Waals surface area contributed by atoms with Crippen LogP contribution in [0.25, 0.3) is 0 Å². The van der Waals surface area contributed by atoms with Gasteiger partial charge in [-0.2, -0.15) is 0 Å². The number of piperazine rings is 1. The molecule has 0 bridgehead atoms. The highest BCUT2D eigenvalue weighted by Crippen LogP contribution is 2.27. The molecule has 1 fully saturated rings. The van der Waals surface area contributed by atoms with E-state index in [-0.39, 0.29) is 29.8 Å². The van der Waals surface area contributed by atoms with Crippen molar-refractivity contribution in [2.45, 2.75) is 6.54 Å². The van der Waals surface area contributed by atoms with Crippen molar-refractivity contribution in [2.75, 3.05) is 38.1 Å². The Morgan fingerprint density at radius 3 is 2.50 bits per heavy atom. The third-order valence-electron chi connectivity index (χ3n) is 4.35. The highest BCUT2D eigenvalue weighted by Gasteiger charge is 2.21. The van der Waals surface area contributed by atoms with Gasteiger partial charge in [0.05, 0.1) is 5.69 Å². The zero-order valence-corrected chi connectivity index (χ0v) is 17.1. The molecule has 3 rings (SSSR count). The van der Waals surface area contributed by atoms with Gasteiger partial charge in [-0.15, -0.1) is 24.0 Å². The molecule has 7 heteroatoms. The molecule has 5 nitrogen and oxygen atoms in total. The van der Waals surface area contributed by atoms with Crippen LogP contribution in [0.4, 0.5) is 10.1 Å². The number of aromatic hydroxyl groups is 1. The largest absolute Gasteiger partial charge is 0.506 e. The minimum absolute atomic E-state index is 0. The van der Waals surface area contributed by atoms with Gasteiger partial charge >= 0.3 is 0 Å². The van der Waals surface area contributed by atoms with Gasteiger partial charge in [-0.25, -0.2) is 4.39 Å². The van der Waals surface area contributed by atoms with Gasteiger partial charge in [0.15, 0.2) is 5.96 Å². The molecule has 2 N–H and O–H groups in total. The minimum Gasteiger partial charge on any atom is -0.506 e. The summed E-state index contributed by atoms with van der Waals surface area (Å²) in [5, 5.41) is 13.3. The SMILES string of the molecule is CN=C(NCc1cccc(F)c1)N1CCN(c2ccccc2O)CC1.I. The Bertz CT molecular complexity index is 748. The van der Waals surface area contributed by atoms with E-state index in [0.29, 0.717) is 12.3 Å². The summed E-state index contributed by atoms with van der Waals surface area (Å²) in [7, 11) is 1.75. The molecule has 1 heterocycles. The maximum atomic E-state index is 13.3. The van der Waals surface area contributed by atoms with Crippen molar-refractivity contribution < 1.29 is 9.50 Å². The molecule has 1 saturated heterocycles. The highest BCUT2D eigenvalue weighted by atomic mass is 127. The van der Waals surface area contributed by atoms with E-state index in [0.717, 1.165) is 43.4 Å². The fourth-order valence-electron chi connectivity index (χ4n) is 3.05. The topological polar surface area (TPSA) is 51.1 Å². The lowest BCUT2D eigenvalue weighted by molar-refractivity contribution is 0.369. The molecule has 0 aliphatic carbocycles. The number of halogens is 2. The van der Waals surface area contributed by atoms with Gasteiger partial charge in [-0.1, -0.05) is 24.3 Å². The summed E-state index contributed by atoms with van der Waals surface area (Å²) in [5.74, 6) is 0.885. The molecule has 26 heavy (non-hydrogen) atoms. The first-order valence-corrected chi connectivity index (χ1v) is 8.40. The van der Waals surface area contributed by atoms with Crippen LogP contribution < -0.4 is 10.2 Å². The van der Waals surface area contributed by atoms with Crippen LogP contribution in [0.5, 0.6) is 5.75 Å². The van der Waals surface area contributed by atoms with E-state index in [1.165, 1.54) is 12.1 Å². The van der Waals surface area contributed by atoms with Gasteiger partial charge in [-0.05, 0) is 29.8 Å². The number of hydrogen-bond donors (Lipinski definition) is 2. The maximum Gasteiger partial charge on any atom is 0.194 e. The van der Waals surface area contributed by atoms with Crippen LogP contribution in [0.2, 0.25) is 0 Å².